The second-order valence-electron chi connectivity index (χ2n) is 10.3. The maximum atomic E-state index is 13.7. The van der Waals surface area contributed by atoms with E-state index < -0.39 is 5.92 Å². The lowest BCUT2D eigenvalue weighted by atomic mass is 9.71. The average molecular weight is 472 g/mol. The fraction of sp³-hybridized carbons (Fsp3) is 0.400. The summed E-state index contributed by atoms with van der Waals surface area (Å²) in [6, 6.07) is 11.2. The van der Waals surface area contributed by atoms with Gasteiger partial charge >= 0.3 is 5.97 Å². The number of esters is 1. The molecule has 1 fully saturated rings. The minimum Gasteiger partial charge on any atom is -0.508 e. The lowest BCUT2D eigenvalue weighted by molar-refractivity contribution is -0.144. The Hall–Kier alpha value is -3.34. The first-order chi connectivity index (χ1) is 16.8. The summed E-state index contributed by atoms with van der Waals surface area (Å²) >= 11 is 0. The van der Waals surface area contributed by atoms with E-state index in [0.717, 1.165) is 36.9 Å². The van der Waals surface area contributed by atoms with E-state index in [1.54, 1.807) is 24.4 Å². The number of ketones is 1. The summed E-state index contributed by atoms with van der Waals surface area (Å²) in [7, 11) is 0. The van der Waals surface area contributed by atoms with E-state index in [4.69, 9.17) is 4.74 Å². The molecule has 0 bridgehead atoms. The highest BCUT2D eigenvalue weighted by Crippen LogP contribution is 2.46. The van der Waals surface area contributed by atoms with Gasteiger partial charge in [-0.25, -0.2) is 4.79 Å². The molecule has 5 nitrogen and oxygen atoms in total. The summed E-state index contributed by atoms with van der Waals surface area (Å²) in [5.41, 5.74) is 7.51. The van der Waals surface area contributed by atoms with E-state index in [1.807, 2.05) is 6.07 Å². The molecule has 2 aromatic carbocycles. The molecule has 2 aliphatic carbocycles. The minimum absolute atomic E-state index is 0.0377. The first-order valence-electron chi connectivity index (χ1n) is 12.6. The van der Waals surface area contributed by atoms with Gasteiger partial charge in [0.1, 0.15) is 11.9 Å². The van der Waals surface area contributed by atoms with Gasteiger partial charge in [-0.05, 0) is 93.2 Å². The standard InChI is InChI=1S/C30H33NO4/c1-17-11-18(2)27(19(3)12-17)21-14-25-29(26(33)15-21)28(20-7-6-8-22(32)13-20)24(16-31-25)30(34)35-23-9-4-5-10-23/h6-8,11-13,16,21,23,28,31-32H,4-5,9-10,14-15H2,1-3H3. The van der Waals surface area contributed by atoms with Crippen LogP contribution in [0, 0.1) is 20.8 Å². The second kappa shape index (κ2) is 9.37. The molecule has 0 amide bonds. The van der Waals surface area contributed by atoms with Gasteiger partial charge in [0, 0.05) is 29.8 Å². The third kappa shape index (κ3) is 4.52. The number of benzene rings is 2. The number of phenols is 1. The van der Waals surface area contributed by atoms with Gasteiger partial charge in [0.05, 0.1) is 5.57 Å². The van der Waals surface area contributed by atoms with Crippen LogP contribution in [-0.4, -0.2) is 23.0 Å². The van der Waals surface area contributed by atoms with Crippen molar-refractivity contribution in [2.24, 2.45) is 0 Å². The normalized spacial score (nSPS) is 22.5. The number of hydrogen-bond donors (Lipinski definition) is 2. The van der Waals surface area contributed by atoms with Crippen molar-refractivity contribution in [3.8, 4) is 5.75 Å². The van der Waals surface area contributed by atoms with Crippen LogP contribution in [0.4, 0.5) is 0 Å². The first-order valence-corrected chi connectivity index (χ1v) is 12.6. The molecule has 5 rings (SSSR count). The van der Waals surface area contributed by atoms with Crippen molar-refractivity contribution in [3.05, 3.63) is 87.3 Å². The Bertz CT molecular complexity index is 1230. The van der Waals surface area contributed by atoms with Crippen LogP contribution < -0.4 is 5.32 Å². The second-order valence-corrected chi connectivity index (χ2v) is 10.3. The van der Waals surface area contributed by atoms with Crippen LogP contribution in [0.25, 0.3) is 0 Å². The molecule has 2 aromatic rings. The molecule has 182 valence electrons. The van der Waals surface area contributed by atoms with Crippen molar-refractivity contribution in [1.29, 1.82) is 0 Å². The zero-order chi connectivity index (χ0) is 24.7. The highest BCUT2D eigenvalue weighted by atomic mass is 16.5. The van der Waals surface area contributed by atoms with Crippen LogP contribution in [0.1, 0.15) is 78.2 Å². The molecule has 1 aliphatic heterocycles. The Labute approximate surface area is 206 Å². The Morgan fingerprint density at radius 1 is 1.03 bits per heavy atom. The molecule has 1 saturated carbocycles. The molecule has 2 atom stereocenters. The van der Waals surface area contributed by atoms with Crippen molar-refractivity contribution in [3.63, 3.8) is 0 Å². The smallest absolute Gasteiger partial charge is 0.336 e. The van der Waals surface area contributed by atoms with Crippen LogP contribution in [0.15, 0.2) is 59.4 Å². The first kappa shape index (κ1) is 23.4. The molecule has 2 N–H and O–H groups in total. The molecular formula is C30H33NO4. The third-order valence-electron chi connectivity index (χ3n) is 7.67. The van der Waals surface area contributed by atoms with Gasteiger partial charge in [0.25, 0.3) is 0 Å². The molecule has 0 radical (unpaired) electrons. The summed E-state index contributed by atoms with van der Waals surface area (Å²) in [6.45, 7) is 6.32. The van der Waals surface area contributed by atoms with E-state index in [9.17, 15) is 14.7 Å². The van der Waals surface area contributed by atoms with Gasteiger partial charge in [0.15, 0.2) is 5.78 Å². The zero-order valence-corrected chi connectivity index (χ0v) is 20.7. The highest BCUT2D eigenvalue weighted by molar-refractivity contribution is 6.04. The maximum Gasteiger partial charge on any atom is 0.336 e. The van der Waals surface area contributed by atoms with Crippen molar-refractivity contribution in [2.45, 2.75) is 77.2 Å². The van der Waals surface area contributed by atoms with Gasteiger partial charge < -0.3 is 15.2 Å². The number of phenolic OH excluding ortho intramolecular Hbond substituents is 1. The van der Waals surface area contributed by atoms with Crippen LogP contribution in [-0.2, 0) is 14.3 Å². The lowest BCUT2D eigenvalue weighted by Crippen LogP contribution is -2.34. The van der Waals surface area contributed by atoms with Crippen LogP contribution in [0.2, 0.25) is 0 Å². The van der Waals surface area contributed by atoms with Crippen molar-refractivity contribution in [1.82, 2.24) is 5.32 Å². The number of hydrogen-bond acceptors (Lipinski definition) is 5. The third-order valence-corrected chi connectivity index (χ3v) is 7.67. The Kier molecular flexibility index (Phi) is 6.26. The van der Waals surface area contributed by atoms with Gasteiger partial charge in [0.2, 0.25) is 0 Å². The molecule has 1 heterocycles. The Balaban J connectivity index is 1.52. The molecule has 2 unspecified atom stereocenters. The number of nitrogens with one attached hydrogen (secondary N) is 1. The van der Waals surface area contributed by atoms with Gasteiger partial charge in [-0.2, -0.15) is 0 Å². The van der Waals surface area contributed by atoms with Gasteiger partial charge in [-0.3, -0.25) is 4.79 Å². The Morgan fingerprint density at radius 3 is 2.43 bits per heavy atom. The van der Waals surface area contributed by atoms with E-state index in [1.165, 1.54) is 22.3 Å². The number of aromatic hydroxyl groups is 1. The number of aryl methyl sites for hydroxylation is 3. The van der Waals surface area contributed by atoms with Crippen LogP contribution in [0.3, 0.4) is 0 Å². The van der Waals surface area contributed by atoms with Gasteiger partial charge in [-0.15, -0.1) is 0 Å². The lowest BCUT2D eigenvalue weighted by Gasteiger charge is -2.35. The fourth-order valence-corrected chi connectivity index (χ4v) is 6.30. The summed E-state index contributed by atoms with van der Waals surface area (Å²) in [4.78, 5) is 27.0. The average Bonchev–Trinajstić information content (AvgIpc) is 3.30. The van der Waals surface area contributed by atoms with E-state index >= 15 is 0 Å². The fourth-order valence-electron chi connectivity index (χ4n) is 6.30. The molecule has 3 aliphatic rings. The molecule has 0 spiro atoms. The quantitative estimate of drug-likeness (QED) is 0.553. The number of carbonyl (C=O) groups excluding carboxylic acids is 2. The zero-order valence-electron chi connectivity index (χ0n) is 20.7. The molecule has 5 heteroatoms. The van der Waals surface area contributed by atoms with Gasteiger partial charge in [-0.1, -0.05) is 29.8 Å². The number of rotatable bonds is 4. The van der Waals surface area contributed by atoms with Crippen molar-refractivity contribution < 1.29 is 19.4 Å². The Morgan fingerprint density at radius 2 is 1.74 bits per heavy atom. The number of ether oxygens (including phenoxy) is 1. The summed E-state index contributed by atoms with van der Waals surface area (Å²) in [5, 5.41) is 13.5. The maximum absolute atomic E-state index is 13.7. The number of carbonyl (C=O) groups is 2. The van der Waals surface area contributed by atoms with E-state index in [2.05, 4.69) is 38.2 Å². The topological polar surface area (TPSA) is 75.6 Å². The molecule has 0 saturated heterocycles. The van der Waals surface area contributed by atoms with Crippen LogP contribution >= 0.6 is 0 Å². The number of Topliss-reactive ketones (excluding diaryl/α,β-unsaturated/α-hetero) is 1. The monoisotopic (exact) mass is 471 g/mol. The predicted molar refractivity (Wildman–Crippen MR) is 135 cm³/mol. The molecular weight excluding hydrogens is 438 g/mol. The molecule has 0 aromatic heterocycles. The van der Waals surface area contributed by atoms with Crippen molar-refractivity contribution >= 4 is 11.8 Å². The summed E-state index contributed by atoms with van der Waals surface area (Å²) < 4.78 is 5.84. The predicted octanol–water partition coefficient (Wildman–Crippen LogP) is 5.77. The summed E-state index contributed by atoms with van der Waals surface area (Å²) in [6.07, 6.45) is 6.64. The molecule has 35 heavy (non-hydrogen) atoms. The SMILES string of the molecule is Cc1cc(C)c(C2CC(=O)C3=C(C2)NC=C(C(=O)OC2CCCC2)C3c2cccc(O)c2)c(C)c1. The minimum atomic E-state index is -0.555. The largest absolute Gasteiger partial charge is 0.508 e. The number of allylic oxidation sites excluding steroid dienone is 2. The number of dihydropyridines is 1. The summed E-state index contributed by atoms with van der Waals surface area (Å²) in [5.74, 6) is -0.709. The van der Waals surface area contributed by atoms with Crippen LogP contribution in [0.5, 0.6) is 5.75 Å². The van der Waals surface area contributed by atoms with E-state index in [0.29, 0.717) is 24.0 Å². The highest BCUT2D eigenvalue weighted by Gasteiger charge is 2.41. The van der Waals surface area contributed by atoms with Crippen molar-refractivity contribution in [2.75, 3.05) is 0 Å². The van der Waals surface area contributed by atoms with E-state index in [-0.39, 0.29) is 29.5 Å².